The highest BCUT2D eigenvalue weighted by Crippen LogP contribution is 2.38. The van der Waals surface area contributed by atoms with Crippen LogP contribution in [0.4, 0.5) is 0 Å². The van der Waals surface area contributed by atoms with Gasteiger partial charge >= 0.3 is 0 Å². The normalized spacial score (nSPS) is 35.3. The van der Waals surface area contributed by atoms with Crippen LogP contribution in [0.2, 0.25) is 0 Å². The largest absolute Gasteiger partial charge is 0.378 e. The SMILES string of the molecule is C=CC1CCC(OCC2CCC(c3ccc(C4C=CC(C)CC4)cc3)CC2)CC1. The van der Waals surface area contributed by atoms with Crippen LogP contribution in [0.3, 0.4) is 0 Å². The van der Waals surface area contributed by atoms with Crippen LogP contribution in [0.25, 0.3) is 0 Å². The van der Waals surface area contributed by atoms with E-state index >= 15 is 0 Å². The van der Waals surface area contributed by atoms with Gasteiger partial charge in [-0.15, -0.1) is 6.58 Å². The molecule has 4 rings (SSSR count). The van der Waals surface area contributed by atoms with Gasteiger partial charge in [0.15, 0.2) is 0 Å². The molecule has 3 aliphatic rings. The fourth-order valence-electron chi connectivity index (χ4n) is 5.68. The van der Waals surface area contributed by atoms with Gasteiger partial charge in [0, 0.05) is 12.5 Å². The average molecular weight is 393 g/mol. The Kier molecular flexibility index (Phi) is 7.29. The minimum atomic E-state index is 0.508. The molecule has 0 amide bonds. The van der Waals surface area contributed by atoms with E-state index in [4.69, 9.17) is 4.74 Å². The molecule has 1 heteroatoms. The molecule has 2 atom stereocenters. The van der Waals surface area contributed by atoms with E-state index in [1.165, 1.54) is 69.8 Å². The fourth-order valence-corrected chi connectivity index (χ4v) is 5.68. The topological polar surface area (TPSA) is 9.23 Å². The van der Waals surface area contributed by atoms with Crippen LogP contribution in [0, 0.1) is 17.8 Å². The predicted molar refractivity (Wildman–Crippen MR) is 123 cm³/mol. The molecule has 1 nitrogen and oxygen atoms in total. The Morgan fingerprint density at radius 3 is 2.14 bits per heavy atom. The maximum Gasteiger partial charge on any atom is 0.0575 e. The second-order valence-corrected chi connectivity index (χ2v) is 10.0. The molecule has 0 bridgehead atoms. The quantitative estimate of drug-likeness (QED) is 0.449. The third kappa shape index (κ3) is 5.63. The Morgan fingerprint density at radius 2 is 1.52 bits per heavy atom. The number of rotatable bonds is 6. The molecule has 1 aromatic rings. The zero-order valence-electron chi connectivity index (χ0n) is 18.4. The number of ether oxygens (including phenoxy) is 1. The second kappa shape index (κ2) is 10.1. The van der Waals surface area contributed by atoms with Crippen LogP contribution in [-0.2, 0) is 4.74 Å². The lowest BCUT2D eigenvalue weighted by atomic mass is 9.78. The van der Waals surface area contributed by atoms with Gasteiger partial charge in [-0.1, -0.05) is 49.4 Å². The molecule has 158 valence electrons. The Balaban J connectivity index is 1.20. The van der Waals surface area contributed by atoms with Gasteiger partial charge in [0.2, 0.25) is 0 Å². The highest BCUT2D eigenvalue weighted by atomic mass is 16.5. The Bertz CT molecular complexity index is 656. The molecule has 1 aromatic carbocycles. The van der Waals surface area contributed by atoms with Gasteiger partial charge < -0.3 is 4.74 Å². The first kappa shape index (κ1) is 20.9. The van der Waals surface area contributed by atoms with E-state index in [2.05, 4.69) is 56.0 Å². The van der Waals surface area contributed by atoms with Crippen molar-refractivity contribution in [3.05, 3.63) is 60.2 Å². The zero-order chi connectivity index (χ0) is 20.1. The monoisotopic (exact) mass is 392 g/mol. The van der Waals surface area contributed by atoms with Crippen molar-refractivity contribution in [1.29, 1.82) is 0 Å². The van der Waals surface area contributed by atoms with Gasteiger partial charge in [-0.25, -0.2) is 0 Å². The average Bonchev–Trinajstić information content (AvgIpc) is 2.79. The molecular weight excluding hydrogens is 352 g/mol. The molecule has 0 saturated heterocycles. The maximum absolute atomic E-state index is 6.31. The minimum Gasteiger partial charge on any atom is -0.378 e. The summed E-state index contributed by atoms with van der Waals surface area (Å²) in [6.45, 7) is 7.26. The Labute approximate surface area is 178 Å². The molecule has 0 N–H and O–H groups in total. The summed E-state index contributed by atoms with van der Waals surface area (Å²) >= 11 is 0. The highest BCUT2D eigenvalue weighted by molar-refractivity contribution is 5.31. The lowest BCUT2D eigenvalue weighted by Crippen LogP contribution is -2.25. The van der Waals surface area contributed by atoms with Crippen molar-refractivity contribution in [2.45, 2.75) is 89.1 Å². The van der Waals surface area contributed by atoms with Crippen LogP contribution < -0.4 is 0 Å². The van der Waals surface area contributed by atoms with Crippen LogP contribution in [0.15, 0.2) is 49.1 Å². The molecule has 0 spiro atoms. The van der Waals surface area contributed by atoms with Crippen molar-refractivity contribution in [1.82, 2.24) is 0 Å². The summed E-state index contributed by atoms with van der Waals surface area (Å²) in [4.78, 5) is 0. The fraction of sp³-hybridized carbons (Fsp3) is 0.643. The summed E-state index contributed by atoms with van der Waals surface area (Å²) in [5.74, 6) is 3.65. The number of benzene rings is 1. The lowest BCUT2D eigenvalue weighted by Gasteiger charge is -2.32. The molecule has 0 aromatic heterocycles. The molecule has 0 aliphatic heterocycles. The number of hydrogen-bond donors (Lipinski definition) is 0. The minimum absolute atomic E-state index is 0.508. The molecular formula is C28H40O. The summed E-state index contributed by atoms with van der Waals surface area (Å²) < 4.78 is 6.31. The van der Waals surface area contributed by atoms with Gasteiger partial charge in [0.05, 0.1) is 6.10 Å². The summed E-state index contributed by atoms with van der Waals surface area (Å²) in [6, 6.07) is 9.63. The van der Waals surface area contributed by atoms with E-state index in [0.717, 1.165) is 30.3 Å². The highest BCUT2D eigenvalue weighted by Gasteiger charge is 2.25. The van der Waals surface area contributed by atoms with E-state index in [-0.39, 0.29) is 0 Å². The van der Waals surface area contributed by atoms with Crippen LogP contribution in [0.1, 0.15) is 94.1 Å². The van der Waals surface area contributed by atoms with Crippen molar-refractivity contribution in [2.24, 2.45) is 17.8 Å². The smallest absolute Gasteiger partial charge is 0.0575 e. The van der Waals surface area contributed by atoms with Crippen molar-refractivity contribution in [2.75, 3.05) is 6.61 Å². The third-order valence-corrected chi connectivity index (χ3v) is 7.91. The first-order chi connectivity index (χ1) is 14.2. The maximum atomic E-state index is 6.31. The lowest BCUT2D eigenvalue weighted by molar-refractivity contribution is -0.00454. The molecule has 3 aliphatic carbocycles. The van der Waals surface area contributed by atoms with Crippen LogP contribution in [0.5, 0.6) is 0 Å². The standard InChI is InChI=1S/C28H40O/c1-3-22-8-18-28(19-9-22)29-20-23-6-12-25(13-7-23)27-16-14-26(15-17-27)24-10-4-21(2)5-11-24/h3-4,10,14-17,21-25,28H,1,5-9,11-13,18-20H2,2H3. The molecule has 2 unspecified atom stereocenters. The van der Waals surface area contributed by atoms with Crippen molar-refractivity contribution >= 4 is 0 Å². The van der Waals surface area contributed by atoms with Crippen molar-refractivity contribution < 1.29 is 4.74 Å². The second-order valence-electron chi connectivity index (χ2n) is 10.0. The number of hydrogen-bond acceptors (Lipinski definition) is 1. The molecule has 2 fully saturated rings. The summed E-state index contributed by atoms with van der Waals surface area (Å²) in [5.41, 5.74) is 3.06. The number of allylic oxidation sites excluding steroid dienone is 3. The Morgan fingerprint density at radius 1 is 0.828 bits per heavy atom. The van der Waals surface area contributed by atoms with Gasteiger partial charge in [-0.3, -0.25) is 0 Å². The van der Waals surface area contributed by atoms with Crippen molar-refractivity contribution in [3.63, 3.8) is 0 Å². The van der Waals surface area contributed by atoms with Gasteiger partial charge in [0.25, 0.3) is 0 Å². The zero-order valence-corrected chi connectivity index (χ0v) is 18.4. The van der Waals surface area contributed by atoms with E-state index in [9.17, 15) is 0 Å². The summed E-state index contributed by atoms with van der Waals surface area (Å²) in [7, 11) is 0. The summed E-state index contributed by atoms with van der Waals surface area (Å²) in [6.07, 6.45) is 20.4. The van der Waals surface area contributed by atoms with Gasteiger partial charge in [-0.2, -0.15) is 0 Å². The first-order valence-electron chi connectivity index (χ1n) is 12.2. The Hall–Kier alpha value is -1.34. The molecule has 29 heavy (non-hydrogen) atoms. The van der Waals surface area contributed by atoms with E-state index in [1.54, 1.807) is 5.56 Å². The molecule has 0 radical (unpaired) electrons. The van der Waals surface area contributed by atoms with Crippen LogP contribution >= 0.6 is 0 Å². The van der Waals surface area contributed by atoms with Gasteiger partial charge in [0.1, 0.15) is 0 Å². The third-order valence-electron chi connectivity index (χ3n) is 7.91. The van der Waals surface area contributed by atoms with Gasteiger partial charge in [-0.05, 0) is 99.0 Å². The molecule has 2 saturated carbocycles. The van der Waals surface area contributed by atoms with E-state index < -0.39 is 0 Å². The van der Waals surface area contributed by atoms with Crippen molar-refractivity contribution in [3.8, 4) is 0 Å². The van der Waals surface area contributed by atoms with E-state index in [1.807, 2.05) is 0 Å². The van der Waals surface area contributed by atoms with Crippen LogP contribution in [-0.4, -0.2) is 12.7 Å². The predicted octanol–water partition coefficient (Wildman–Crippen LogP) is 7.79. The molecule has 0 heterocycles. The van der Waals surface area contributed by atoms with E-state index in [0.29, 0.717) is 12.0 Å². The summed E-state index contributed by atoms with van der Waals surface area (Å²) in [5, 5.41) is 0. The first-order valence-corrected chi connectivity index (χ1v) is 12.2.